The highest BCUT2D eigenvalue weighted by molar-refractivity contribution is 5.84. The van der Waals surface area contributed by atoms with Crippen LogP contribution in [0.2, 0.25) is 0 Å². The molecule has 1 aromatic rings. The van der Waals surface area contributed by atoms with Crippen LogP contribution in [0.4, 0.5) is 18.0 Å². The molecule has 0 radical (unpaired) electrons. The van der Waals surface area contributed by atoms with Gasteiger partial charge in [-0.3, -0.25) is 4.79 Å². The highest BCUT2D eigenvalue weighted by Gasteiger charge is 2.42. The molecule has 0 saturated carbocycles. The van der Waals surface area contributed by atoms with E-state index in [0.29, 0.717) is 5.56 Å². The van der Waals surface area contributed by atoms with Crippen LogP contribution < -0.4 is 10.6 Å². The normalized spacial score (nSPS) is 13.2. The number of amides is 2. The molecule has 0 spiro atoms. The zero-order chi connectivity index (χ0) is 20.4. The van der Waals surface area contributed by atoms with E-state index in [9.17, 15) is 27.6 Å². The first-order chi connectivity index (χ1) is 12.6. The fraction of sp³-hybridized carbons (Fsp3) is 0.471. The Morgan fingerprint density at radius 1 is 1.07 bits per heavy atom. The highest BCUT2D eigenvalue weighted by Crippen LogP contribution is 2.22. The molecule has 0 fully saturated rings. The predicted molar refractivity (Wildman–Crippen MR) is 88.5 cm³/mol. The quantitative estimate of drug-likeness (QED) is 0.665. The molecule has 0 bridgehead atoms. The molecule has 1 rings (SSSR count). The maximum Gasteiger partial charge on any atom is 0.409 e. The first-order valence-electron chi connectivity index (χ1n) is 8.13. The zero-order valence-electron chi connectivity index (χ0n) is 14.8. The second kappa shape index (κ2) is 10.4. The molecular weight excluding hydrogens is 369 g/mol. The zero-order valence-corrected chi connectivity index (χ0v) is 14.8. The van der Waals surface area contributed by atoms with Gasteiger partial charge >= 0.3 is 18.2 Å². The van der Waals surface area contributed by atoms with Crippen LogP contribution in [0, 0.1) is 0 Å². The first-order valence-corrected chi connectivity index (χ1v) is 8.13. The lowest BCUT2D eigenvalue weighted by Gasteiger charge is -2.22. The summed E-state index contributed by atoms with van der Waals surface area (Å²) in [6.45, 7) is 2.68. The van der Waals surface area contributed by atoms with E-state index < -0.39 is 42.7 Å². The third kappa shape index (κ3) is 8.43. The Bertz CT molecular complexity index is 637. The van der Waals surface area contributed by atoms with Crippen LogP contribution in [-0.2, 0) is 25.7 Å². The van der Waals surface area contributed by atoms with Crippen molar-refractivity contribution in [2.45, 2.75) is 45.1 Å². The third-order valence-electron chi connectivity index (χ3n) is 3.31. The number of alkyl carbamates (subject to hydrolysis) is 1. The minimum atomic E-state index is -4.88. The van der Waals surface area contributed by atoms with E-state index in [4.69, 9.17) is 4.74 Å². The number of carbonyl (C=O) groups excluding carboxylic acids is 3. The van der Waals surface area contributed by atoms with E-state index in [0.717, 1.165) is 0 Å². The lowest BCUT2D eigenvalue weighted by molar-refractivity contribution is -0.161. The van der Waals surface area contributed by atoms with Gasteiger partial charge in [-0.25, -0.2) is 9.59 Å². The SMILES string of the molecule is CCOC(=O)[C@H](C)NC(=O)C[C@H](NC(=O)OCc1ccccc1)C(F)(F)F. The summed E-state index contributed by atoms with van der Waals surface area (Å²) in [6, 6.07) is 4.80. The lowest BCUT2D eigenvalue weighted by atomic mass is 10.2. The van der Waals surface area contributed by atoms with E-state index in [-0.39, 0.29) is 13.2 Å². The van der Waals surface area contributed by atoms with Gasteiger partial charge in [0.25, 0.3) is 0 Å². The molecule has 27 heavy (non-hydrogen) atoms. The largest absolute Gasteiger partial charge is 0.464 e. The Labute approximate surface area is 154 Å². The summed E-state index contributed by atoms with van der Waals surface area (Å²) >= 11 is 0. The molecule has 0 saturated heterocycles. The van der Waals surface area contributed by atoms with Crippen molar-refractivity contribution in [1.82, 2.24) is 10.6 Å². The Balaban J connectivity index is 2.58. The number of benzene rings is 1. The Kier molecular flexibility index (Phi) is 8.57. The summed E-state index contributed by atoms with van der Waals surface area (Å²) in [7, 11) is 0. The molecule has 150 valence electrons. The molecule has 7 nitrogen and oxygen atoms in total. The number of carbonyl (C=O) groups is 3. The summed E-state index contributed by atoms with van der Waals surface area (Å²) < 4.78 is 48.6. The lowest BCUT2D eigenvalue weighted by Crippen LogP contribution is -2.50. The molecule has 0 heterocycles. The van der Waals surface area contributed by atoms with Crippen molar-refractivity contribution in [3.8, 4) is 0 Å². The number of alkyl halides is 3. The second-order valence-corrected chi connectivity index (χ2v) is 5.55. The summed E-state index contributed by atoms with van der Waals surface area (Å²) in [5.41, 5.74) is 0.595. The van der Waals surface area contributed by atoms with E-state index in [1.165, 1.54) is 6.92 Å². The number of rotatable bonds is 8. The monoisotopic (exact) mass is 390 g/mol. The second-order valence-electron chi connectivity index (χ2n) is 5.55. The van der Waals surface area contributed by atoms with Gasteiger partial charge in [0.15, 0.2) is 0 Å². The molecule has 0 unspecified atom stereocenters. The molecule has 2 N–H and O–H groups in total. The molecule has 0 aliphatic carbocycles. The average Bonchev–Trinajstić information content (AvgIpc) is 2.59. The molecule has 0 aliphatic rings. The van der Waals surface area contributed by atoms with Crippen molar-refractivity contribution in [3.05, 3.63) is 35.9 Å². The van der Waals surface area contributed by atoms with Gasteiger partial charge in [-0.1, -0.05) is 30.3 Å². The highest BCUT2D eigenvalue weighted by atomic mass is 19.4. The van der Waals surface area contributed by atoms with Crippen LogP contribution in [-0.4, -0.2) is 42.8 Å². The van der Waals surface area contributed by atoms with E-state index in [2.05, 4.69) is 10.1 Å². The summed E-state index contributed by atoms with van der Waals surface area (Å²) in [5.74, 6) is -1.84. The van der Waals surface area contributed by atoms with E-state index in [1.54, 1.807) is 42.6 Å². The van der Waals surface area contributed by atoms with Crippen molar-refractivity contribution in [1.29, 1.82) is 0 Å². The van der Waals surface area contributed by atoms with Gasteiger partial charge in [-0.05, 0) is 19.4 Å². The predicted octanol–water partition coefficient (Wildman–Crippen LogP) is 2.30. The van der Waals surface area contributed by atoms with E-state index in [1.807, 2.05) is 0 Å². The first kappa shape index (κ1) is 22.3. The minimum absolute atomic E-state index is 0.0685. The van der Waals surface area contributed by atoms with Crippen LogP contribution in [0.15, 0.2) is 30.3 Å². The van der Waals surface area contributed by atoms with Crippen LogP contribution in [0.3, 0.4) is 0 Å². The molecule has 1 aromatic carbocycles. The maximum atomic E-state index is 13.1. The molecule has 2 atom stereocenters. The maximum absolute atomic E-state index is 13.1. The number of halogens is 3. The number of ether oxygens (including phenoxy) is 2. The van der Waals surface area contributed by atoms with Gasteiger partial charge in [0.1, 0.15) is 18.7 Å². The number of hydrogen-bond acceptors (Lipinski definition) is 5. The Morgan fingerprint density at radius 3 is 2.26 bits per heavy atom. The summed E-state index contributed by atoms with van der Waals surface area (Å²) in [5, 5.41) is 3.72. The molecule has 0 aromatic heterocycles. The van der Waals surface area contributed by atoms with Gasteiger partial charge in [0.2, 0.25) is 5.91 Å². The van der Waals surface area contributed by atoms with Gasteiger partial charge in [0, 0.05) is 0 Å². The standard InChI is InChI=1S/C17H21F3N2O5/c1-3-26-15(24)11(2)21-14(23)9-13(17(18,19)20)22-16(25)27-10-12-7-5-4-6-8-12/h4-8,11,13H,3,9-10H2,1-2H3,(H,21,23)(H,22,25)/t11-,13-/m0/s1. The number of hydrogen-bond donors (Lipinski definition) is 2. The Hall–Kier alpha value is -2.78. The van der Waals surface area contributed by atoms with Gasteiger partial charge in [-0.15, -0.1) is 0 Å². The third-order valence-corrected chi connectivity index (χ3v) is 3.31. The average molecular weight is 390 g/mol. The van der Waals surface area contributed by atoms with Crippen molar-refractivity contribution in [3.63, 3.8) is 0 Å². The fourth-order valence-corrected chi connectivity index (χ4v) is 1.97. The molecule has 10 heteroatoms. The van der Waals surface area contributed by atoms with Crippen LogP contribution in [0.25, 0.3) is 0 Å². The van der Waals surface area contributed by atoms with Crippen molar-refractivity contribution in [2.75, 3.05) is 6.61 Å². The fourth-order valence-electron chi connectivity index (χ4n) is 1.97. The smallest absolute Gasteiger partial charge is 0.409 e. The Morgan fingerprint density at radius 2 is 1.70 bits per heavy atom. The van der Waals surface area contributed by atoms with Gasteiger partial charge < -0.3 is 20.1 Å². The van der Waals surface area contributed by atoms with Crippen molar-refractivity contribution >= 4 is 18.0 Å². The van der Waals surface area contributed by atoms with E-state index >= 15 is 0 Å². The number of esters is 1. The minimum Gasteiger partial charge on any atom is -0.464 e. The number of nitrogens with one attached hydrogen (secondary N) is 2. The summed E-state index contributed by atoms with van der Waals surface area (Å²) in [4.78, 5) is 34.8. The van der Waals surface area contributed by atoms with Crippen LogP contribution in [0.1, 0.15) is 25.8 Å². The van der Waals surface area contributed by atoms with Crippen LogP contribution in [0.5, 0.6) is 0 Å². The van der Waals surface area contributed by atoms with Crippen molar-refractivity contribution in [2.24, 2.45) is 0 Å². The summed E-state index contributed by atoms with van der Waals surface area (Å²) in [6.07, 6.45) is -7.29. The molecular formula is C17H21F3N2O5. The molecule has 0 aliphatic heterocycles. The van der Waals surface area contributed by atoms with Crippen molar-refractivity contribution < 1.29 is 37.0 Å². The topological polar surface area (TPSA) is 93.7 Å². The van der Waals surface area contributed by atoms with Gasteiger partial charge in [0.05, 0.1) is 13.0 Å². The van der Waals surface area contributed by atoms with Crippen LogP contribution >= 0.6 is 0 Å². The van der Waals surface area contributed by atoms with Gasteiger partial charge in [-0.2, -0.15) is 13.2 Å². The molecule has 2 amide bonds.